The Hall–Kier alpha value is -3.44. The Balaban J connectivity index is 2.06. The molecule has 0 amide bonds. The quantitative estimate of drug-likeness (QED) is 0.186. The third-order valence-corrected chi connectivity index (χ3v) is 8.70. The number of para-hydroxylation sites is 2. The Morgan fingerprint density at radius 2 is 1.78 bits per heavy atom. The molecule has 0 bridgehead atoms. The van der Waals surface area contributed by atoms with Crippen molar-refractivity contribution in [2.75, 3.05) is 0 Å². The van der Waals surface area contributed by atoms with Crippen LogP contribution in [-0.2, 0) is 0 Å². The molecule has 0 aliphatic rings. The van der Waals surface area contributed by atoms with Crippen LogP contribution in [0.3, 0.4) is 0 Å². The van der Waals surface area contributed by atoms with Crippen LogP contribution in [0.2, 0.25) is 0 Å². The van der Waals surface area contributed by atoms with E-state index >= 15 is 0 Å². The molecule has 4 aromatic rings. The normalized spacial score (nSPS) is 13.5. The summed E-state index contributed by atoms with van der Waals surface area (Å²) in [7, 11) is -3.01. The summed E-state index contributed by atoms with van der Waals surface area (Å²) >= 11 is 0. The van der Waals surface area contributed by atoms with Gasteiger partial charge in [0.15, 0.2) is 11.3 Å². The van der Waals surface area contributed by atoms with Gasteiger partial charge in [0.25, 0.3) is 5.69 Å². The van der Waals surface area contributed by atoms with Gasteiger partial charge in [0.2, 0.25) is 7.28 Å². The average molecular weight is 449 g/mol. The van der Waals surface area contributed by atoms with E-state index in [0.717, 1.165) is 5.39 Å². The van der Waals surface area contributed by atoms with Crippen molar-refractivity contribution < 1.29 is 13.9 Å². The van der Waals surface area contributed by atoms with Crippen LogP contribution in [0.15, 0.2) is 82.1 Å². The predicted molar refractivity (Wildman–Crippen MR) is 127 cm³/mol. The van der Waals surface area contributed by atoms with Crippen molar-refractivity contribution in [2.24, 2.45) is 4.74 Å². The molecule has 0 radical (unpaired) electrons. The smallest absolute Gasteiger partial charge is 0.294 e. The standard InChI is InChI=1S/C24H24N3O4P/c1-17-14-15-22(30-17)32(24(2,3)4,26-19-11-5-6-12-20(19)27(28)29)31-21-13-7-9-18-10-8-16-25-23(18)21/h5-16H,1-4H3/t32-/m1/s1. The number of nitrogens with zero attached hydrogens (tertiary/aromatic N) is 3. The summed E-state index contributed by atoms with van der Waals surface area (Å²) in [5, 5.41) is 12.1. The minimum absolute atomic E-state index is 0.0796. The number of benzene rings is 2. The number of aromatic nitrogens is 1. The van der Waals surface area contributed by atoms with Crippen LogP contribution in [0.1, 0.15) is 26.5 Å². The van der Waals surface area contributed by atoms with Gasteiger partial charge >= 0.3 is 0 Å². The van der Waals surface area contributed by atoms with Crippen LogP contribution in [0.4, 0.5) is 11.4 Å². The number of rotatable bonds is 5. The molecule has 7 nitrogen and oxygen atoms in total. The molecule has 0 saturated heterocycles. The zero-order valence-electron chi connectivity index (χ0n) is 18.4. The lowest BCUT2D eigenvalue weighted by atomic mass is 10.2. The van der Waals surface area contributed by atoms with Crippen molar-refractivity contribution in [3.8, 4) is 5.75 Å². The van der Waals surface area contributed by atoms with Crippen LogP contribution >= 0.6 is 7.28 Å². The number of aryl methyl sites for hydroxylation is 1. The van der Waals surface area contributed by atoms with Crippen LogP contribution in [0.25, 0.3) is 10.9 Å². The summed E-state index contributed by atoms with van der Waals surface area (Å²) in [5.74, 6) is 1.27. The maximum Gasteiger partial charge on any atom is 0.294 e. The zero-order chi connectivity index (χ0) is 22.9. The molecule has 32 heavy (non-hydrogen) atoms. The number of hydrogen-bond donors (Lipinski definition) is 0. The molecular weight excluding hydrogens is 425 g/mol. The summed E-state index contributed by atoms with van der Waals surface area (Å²) in [4.78, 5) is 15.8. The van der Waals surface area contributed by atoms with E-state index in [9.17, 15) is 10.1 Å². The van der Waals surface area contributed by atoms with Gasteiger partial charge in [0.05, 0.1) is 4.92 Å². The minimum Gasteiger partial charge on any atom is -0.457 e. The largest absolute Gasteiger partial charge is 0.457 e. The maximum atomic E-state index is 11.7. The maximum absolute atomic E-state index is 11.7. The Kier molecular flexibility index (Phi) is 5.61. The molecule has 4 rings (SSSR count). The molecule has 8 heteroatoms. The topological polar surface area (TPSA) is 90.8 Å². The molecule has 0 aliphatic heterocycles. The van der Waals surface area contributed by atoms with Gasteiger partial charge in [-0.3, -0.25) is 15.1 Å². The molecule has 0 aliphatic carbocycles. The van der Waals surface area contributed by atoms with Gasteiger partial charge < -0.3 is 8.94 Å². The lowest BCUT2D eigenvalue weighted by Crippen LogP contribution is -2.26. The van der Waals surface area contributed by atoms with Crippen molar-refractivity contribution in [1.29, 1.82) is 0 Å². The molecule has 0 fully saturated rings. The first-order valence-corrected chi connectivity index (χ1v) is 11.8. The van der Waals surface area contributed by atoms with Crippen LogP contribution in [-0.4, -0.2) is 15.1 Å². The van der Waals surface area contributed by atoms with E-state index in [4.69, 9.17) is 13.7 Å². The van der Waals surface area contributed by atoms with Crippen molar-refractivity contribution >= 4 is 35.1 Å². The first-order valence-electron chi connectivity index (χ1n) is 10.2. The van der Waals surface area contributed by atoms with Gasteiger partial charge in [-0.1, -0.05) is 51.1 Å². The van der Waals surface area contributed by atoms with E-state index < -0.39 is 17.4 Å². The summed E-state index contributed by atoms with van der Waals surface area (Å²) in [6, 6.07) is 19.7. The van der Waals surface area contributed by atoms with E-state index in [1.807, 2.05) is 70.2 Å². The highest BCUT2D eigenvalue weighted by molar-refractivity contribution is 7.70. The Bertz CT molecular complexity index is 1350. The SMILES string of the molecule is Cc1ccc([P@@](=Nc2ccccc2[N+](=O)[O-])(Oc2cccc3cccnc23)C(C)(C)C)o1. The summed E-state index contributed by atoms with van der Waals surface area (Å²) in [6.07, 6.45) is 1.71. The van der Waals surface area contributed by atoms with Gasteiger partial charge in [-0.05, 0) is 37.3 Å². The summed E-state index contributed by atoms with van der Waals surface area (Å²) < 4.78 is 17.9. The second-order valence-electron chi connectivity index (χ2n) is 8.40. The van der Waals surface area contributed by atoms with Gasteiger partial charge in [0, 0.05) is 22.8 Å². The van der Waals surface area contributed by atoms with Gasteiger partial charge in [-0.25, -0.2) is 4.74 Å². The molecule has 2 aromatic carbocycles. The first kappa shape index (κ1) is 21.8. The number of hydrogen-bond acceptors (Lipinski definition) is 6. The highest BCUT2D eigenvalue weighted by Crippen LogP contribution is 2.63. The molecule has 2 heterocycles. The number of nitro benzene ring substituents is 1. The van der Waals surface area contributed by atoms with Gasteiger partial charge in [-0.2, -0.15) is 0 Å². The molecule has 0 unspecified atom stereocenters. The molecule has 0 spiro atoms. The van der Waals surface area contributed by atoms with E-state index in [1.54, 1.807) is 24.4 Å². The van der Waals surface area contributed by atoms with Crippen LogP contribution < -0.4 is 10.0 Å². The fraction of sp³-hybridized carbons (Fsp3) is 0.208. The third-order valence-electron chi connectivity index (χ3n) is 5.09. The van der Waals surface area contributed by atoms with Crippen LogP contribution in [0, 0.1) is 17.0 Å². The third kappa shape index (κ3) is 3.92. The monoisotopic (exact) mass is 449 g/mol. The molecular formula is C24H24N3O4P. The lowest BCUT2D eigenvalue weighted by Gasteiger charge is -2.35. The number of fused-ring (bicyclic) bond motifs is 1. The van der Waals surface area contributed by atoms with E-state index in [2.05, 4.69) is 4.98 Å². The summed E-state index contributed by atoms with van der Waals surface area (Å²) in [6.45, 7) is 7.88. The molecule has 0 saturated carbocycles. The number of furan rings is 1. The zero-order valence-corrected chi connectivity index (χ0v) is 19.2. The van der Waals surface area contributed by atoms with Crippen molar-refractivity contribution in [1.82, 2.24) is 4.98 Å². The fourth-order valence-electron chi connectivity index (χ4n) is 3.46. The van der Waals surface area contributed by atoms with Crippen molar-refractivity contribution in [3.05, 3.63) is 88.8 Å². The first-order chi connectivity index (χ1) is 15.2. The molecule has 164 valence electrons. The molecule has 1 atom stereocenters. The van der Waals surface area contributed by atoms with Crippen LogP contribution in [0.5, 0.6) is 5.75 Å². The highest BCUT2D eigenvalue weighted by atomic mass is 31.2. The average Bonchev–Trinajstić information content (AvgIpc) is 3.19. The Labute approximate surface area is 186 Å². The van der Waals surface area contributed by atoms with Gasteiger partial charge in [0.1, 0.15) is 17.0 Å². The number of nitro groups is 1. The minimum atomic E-state index is -3.01. The second kappa shape index (κ2) is 8.24. The predicted octanol–water partition coefficient (Wildman–Crippen LogP) is 7.00. The highest BCUT2D eigenvalue weighted by Gasteiger charge is 2.42. The van der Waals surface area contributed by atoms with E-state index in [-0.39, 0.29) is 11.4 Å². The van der Waals surface area contributed by atoms with Gasteiger partial charge in [-0.15, -0.1) is 0 Å². The van der Waals surface area contributed by atoms with Crippen molar-refractivity contribution in [3.63, 3.8) is 0 Å². The Morgan fingerprint density at radius 1 is 1.03 bits per heavy atom. The Morgan fingerprint density at radius 3 is 2.47 bits per heavy atom. The summed E-state index contributed by atoms with van der Waals surface area (Å²) in [5.41, 5.74) is 1.44. The van der Waals surface area contributed by atoms with E-state index in [0.29, 0.717) is 22.5 Å². The number of pyridine rings is 1. The fourth-order valence-corrected chi connectivity index (χ4v) is 6.38. The molecule has 2 aromatic heterocycles. The van der Waals surface area contributed by atoms with E-state index in [1.165, 1.54) is 6.07 Å². The molecule has 0 N–H and O–H groups in total. The van der Waals surface area contributed by atoms with Crippen molar-refractivity contribution in [2.45, 2.75) is 32.9 Å². The second-order valence-corrected chi connectivity index (χ2v) is 11.7. The lowest BCUT2D eigenvalue weighted by molar-refractivity contribution is -0.384.